The summed E-state index contributed by atoms with van der Waals surface area (Å²) in [6.07, 6.45) is 0.171. The molecule has 1 atom stereocenters. The lowest BCUT2D eigenvalue weighted by atomic mass is 10.1. The number of para-hydroxylation sites is 1. The van der Waals surface area contributed by atoms with E-state index >= 15 is 0 Å². The third kappa shape index (κ3) is 3.49. The molecule has 2 aromatic carbocycles. The van der Waals surface area contributed by atoms with Crippen LogP contribution in [0, 0.1) is 24.2 Å². The molecule has 0 aliphatic carbocycles. The third-order valence-corrected chi connectivity index (χ3v) is 4.57. The molecule has 6 heteroatoms. The van der Waals surface area contributed by atoms with E-state index in [2.05, 4.69) is 5.32 Å². The quantitative estimate of drug-likeness (QED) is 0.917. The number of nitrogens with one attached hydrogen (secondary N) is 1. The highest BCUT2D eigenvalue weighted by Gasteiger charge is 2.35. The molecule has 1 fully saturated rings. The van der Waals surface area contributed by atoms with E-state index in [0.29, 0.717) is 17.8 Å². The van der Waals surface area contributed by atoms with Crippen LogP contribution in [0.5, 0.6) is 0 Å². The lowest BCUT2D eigenvalue weighted by molar-refractivity contribution is -0.122. The number of amides is 2. The maximum atomic E-state index is 12.5. The van der Waals surface area contributed by atoms with Gasteiger partial charge in [-0.3, -0.25) is 9.59 Å². The molecule has 1 heterocycles. The summed E-state index contributed by atoms with van der Waals surface area (Å²) in [5.41, 5.74) is 2.69. The average Bonchev–Trinajstić information content (AvgIpc) is 2.97. The Bertz CT molecular complexity index is 888. The number of benzene rings is 2. The highest BCUT2D eigenvalue weighted by atomic mass is 35.5. The molecular weight excluding hydrogens is 338 g/mol. The van der Waals surface area contributed by atoms with Crippen LogP contribution in [0.1, 0.15) is 17.5 Å². The molecule has 0 saturated carbocycles. The molecule has 126 valence electrons. The predicted molar refractivity (Wildman–Crippen MR) is 96.4 cm³/mol. The van der Waals surface area contributed by atoms with E-state index in [1.165, 1.54) is 6.07 Å². The van der Waals surface area contributed by atoms with Gasteiger partial charge in [0.2, 0.25) is 11.8 Å². The summed E-state index contributed by atoms with van der Waals surface area (Å²) in [4.78, 5) is 26.5. The zero-order valence-electron chi connectivity index (χ0n) is 13.6. The molecule has 0 radical (unpaired) electrons. The van der Waals surface area contributed by atoms with Gasteiger partial charge < -0.3 is 10.2 Å². The Morgan fingerprint density at radius 3 is 2.76 bits per heavy atom. The molecule has 1 saturated heterocycles. The number of rotatable bonds is 3. The van der Waals surface area contributed by atoms with Crippen LogP contribution >= 0.6 is 11.6 Å². The first kappa shape index (κ1) is 17.0. The van der Waals surface area contributed by atoms with Crippen molar-refractivity contribution in [3.8, 4) is 6.07 Å². The Labute approximate surface area is 150 Å². The number of aryl methyl sites for hydroxylation is 1. The fourth-order valence-electron chi connectivity index (χ4n) is 2.91. The molecule has 2 amide bonds. The molecule has 5 nitrogen and oxygen atoms in total. The van der Waals surface area contributed by atoms with Gasteiger partial charge in [0.25, 0.3) is 0 Å². The van der Waals surface area contributed by atoms with E-state index in [1.54, 1.807) is 17.0 Å². The first-order chi connectivity index (χ1) is 12.0. The molecule has 1 aliphatic heterocycles. The SMILES string of the molecule is Cc1ccccc1N1C[C@@H](C(=O)Nc2ccc(C#N)c(Cl)c2)CC1=O. The molecule has 0 bridgehead atoms. The van der Waals surface area contributed by atoms with Gasteiger partial charge in [0.05, 0.1) is 16.5 Å². The first-order valence-corrected chi connectivity index (χ1v) is 8.24. The lowest BCUT2D eigenvalue weighted by Crippen LogP contribution is -2.28. The van der Waals surface area contributed by atoms with Crippen LogP contribution in [0.2, 0.25) is 5.02 Å². The Balaban J connectivity index is 1.72. The maximum absolute atomic E-state index is 12.5. The Morgan fingerprint density at radius 1 is 1.32 bits per heavy atom. The molecule has 0 spiro atoms. The number of nitriles is 1. The lowest BCUT2D eigenvalue weighted by Gasteiger charge is -2.19. The smallest absolute Gasteiger partial charge is 0.229 e. The van der Waals surface area contributed by atoms with Crippen LogP contribution in [-0.4, -0.2) is 18.4 Å². The summed E-state index contributed by atoms with van der Waals surface area (Å²) >= 11 is 5.98. The average molecular weight is 354 g/mol. The fourth-order valence-corrected chi connectivity index (χ4v) is 3.13. The Hall–Kier alpha value is -2.84. The predicted octanol–water partition coefficient (Wildman–Crippen LogP) is 3.51. The van der Waals surface area contributed by atoms with E-state index in [4.69, 9.17) is 16.9 Å². The summed E-state index contributed by atoms with van der Waals surface area (Å²) in [5.74, 6) is -0.723. The summed E-state index contributed by atoms with van der Waals surface area (Å²) in [6.45, 7) is 2.29. The van der Waals surface area contributed by atoms with Crippen molar-refractivity contribution in [2.24, 2.45) is 5.92 Å². The molecular formula is C19H16ClN3O2. The summed E-state index contributed by atoms with van der Waals surface area (Å²) in [7, 11) is 0. The zero-order chi connectivity index (χ0) is 18.0. The molecule has 3 rings (SSSR count). The molecule has 0 unspecified atom stereocenters. The van der Waals surface area contributed by atoms with Crippen LogP contribution < -0.4 is 10.2 Å². The van der Waals surface area contributed by atoms with Crippen molar-refractivity contribution >= 4 is 34.8 Å². The van der Waals surface area contributed by atoms with E-state index in [-0.39, 0.29) is 23.3 Å². The van der Waals surface area contributed by atoms with Gasteiger partial charge in [-0.1, -0.05) is 29.8 Å². The maximum Gasteiger partial charge on any atom is 0.229 e. The van der Waals surface area contributed by atoms with Gasteiger partial charge in [0.1, 0.15) is 6.07 Å². The van der Waals surface area contributed by atoms with Crippen LogP contribution in [0.4, 0.5) is 11.4 Å². The van der Waals surface area contributed by atoms with Gasteiger partial charge in [-0.05, 0) is 36.8 Å². The van der Waals surface area contributed by atoms with Crippen molar-refractivity contribution in [3.05, 3.63) is 58.6 Å². The highest BCUT2D eigenvalue weighted by molar-refractivity contribution is 6.32. The summed E-state index contributed by atoms with van der Waals surface area (Å²) in [6, 6.07) is 14.3. The van der Waals surface area contributed by atoms with E-state index < -0.39 is 5.92 Å². The minimum Gasteiger partial charge on any atom is -0.326 e. The van der Waals surface area contributed by atoms with Crippen molar-refractivity contribution in [2.75, 3.05) is 16.8 Å². The number of nitrogens with zero attached hydrogens (tertiary/aromatic N) is 2. The summed E-state index contributed by atoms with van der Waals surface area (Å²) < 4.78 is 0. The number of halogens is 1. The van der Waals surface area contributed by atoms with Crippen molar-refractivity contribution in [1.82, 2.24) is 0 Å². The second-order valence-electron chi connectivity index (χ2n) is 5.99. The van der Waals surface area contributed by atoms with E-state index in [0.717, 1.165) is 11.3 Å². The standard InChI is InChI=1S/C19H16ClN3O2/c1-12-4-2-3-5-17(12)23-11-14(8-18(23)24)19(25)22-15-7-6-13(10-21)16(20)9-15/h2-7,9,14H,8,11H2,1H3,(H,22,25)/t14-/m0/s1. The van der Waals surface area contributed by atoms with E-state index in [9.17, 15) is 9.59 Å². The fraction of sp³-hybridized carbons (Fsp3) is 0.211. The second-order valence-corrected chi connectivity index (χ2v) is 6.39. The topological polar surface area (TPSA) is 73.2 Å². The zero-order valence-corrected chi connectivity index (χ0v) is 14.4. The Kier molecular flexibility index (Phi) is 4.73. The first-order valence-electron chi connectivity index (χ1n) is 7.86. The largest absolute Gasteiger partial charge is 0.326 e. The monoisotopic (exact) mass is 353 g/mol. The van der Waals surface area contributed by atoms with Crippen molar-refractivity contribution < 1.29 is 9.59 Å². The molecule has 0 aromatic heterocycles. The number of carbonyl (C=O) groups is 2. The van der Waals surface area contributed by atoms with Crippen LogP contribution in [0.3, 0.4) is 0 Å². The minimum atomic E-state index is -0.429. The van der Waals surface area contributed by atoms with Gasteiger partial charge in [-0.15, -0.1) is 0 Å². The van der Waals surface area contributed by atoms with Crippen LogP contribution in [-0.2, 0) is 9.59 Å². The van der Waals surface area contributed by atoms with Crippen molar-refractivity contribution in [2.45, 2.75) is 13.3 Å². The van der Waals surface area contributed by atoms with Gasteiger partial charge in [-0.2, -0.15) is 5.26 Å². The van der Waals surface area contributed by atoms with Crippen LogP contribution in [0.15, 0.2) is 42.5 Å². The van der Waals surface area contributed by atoms with Gasteiger partial charge in [0, 0.05) is 24.3 Å². The third-order valence-electron chi connectivity index (χ3n) is 4.26. The number of carbonyl (C=O) groups excluding carboxylic acids is 2. The number of hydrogen-bond acceptors (Lipinski definition) is 3. The van der Waals surface area contributed by atoms with Gasteiger partial charge in [-0.25, -0.2) is 0 Å². The van der Waals surface area contributed by atoms with Gasteiger partial charge in [0.15, 0.2) is 0 Å². The van der Waals surface area contributed by atoms with Gasteiger partial charge >= 0.3 is 0 Å². The summed E-state index contributed by atoms with van der Waals surface area (Å²) in [5, 5.41) is 11.9. The van der Waals surface area contributed by atoms with E-state index in [1.807, 2.05) is 37.3 Å². The highest BCUT2D eigenvalue weighted by Crippen LogP contribution is 2.29. The normalized spacial score (nSPS) is 16.6. The number of hydrogen-bond donors (Lipinski definition) is 1. The molecule has 1 aliphatic rings. The minimum absolute atomic E-state index is 0.0627. The Morgan fingerprint density at radius 2 is 2.08 bits per heavy atom. The molecule has 25 heavy (non-hydrogen) atoms. The van der Waals surface area contributed by atoms with Crippen LogP contribution in [0.25, 0.3) is 0 Å². The molecule has 1 N–H and O–H groups in total. The number of anilines is 2. The van der Waals surface area contributed by atoms with Crippen molar-refractivity contribution in [3.63, 3.8) is 0 Å². The second kappa shape index (κ2) is 6.96. The molecule has 2 aromatic rings. The van der Waals surface area contributed by atoms with Crippen molar-refractivity contribution in [1.29, 1.82) is 5.26 Å².